The summed E-state index contributed by atoms with van der Waals surface area (Å²) in [4.78, 5) is 0. The van der Waals surface area contributed by atoms with Crippen molar-refractivity contribution in [1.82, 2.24) is 0 Å². The van der Waals surface area contributed by atoms with Crippen molar-refractivity contribution < 1.29 is 4.74 Å². The normalized spacial score (nSPS) is 11.6. The summed E-state index contributed by atoms with van der Waals surface area (Å²) in [6.07, 6.45) is 0. The SMILES string of the molecule is COC(S)=[SH]c1cccs1.[KH]. The molecular formula is C6H9KOS3. The van der Waals surface area contributed by atoms with E-state index >= 15 is 0 Å². The summed E-state index contributed by atoms with van der Waals surface area (Å²) < 4.78 is 6.89. The third-order valence-corrected chi connectivity index (χ3v) is 3.38. The first-order chi connectivity index (χ1) is 4.83. The summed E-state index contributed by atoms with van der Waals surface area (Å²) in [6, 6.07) is 4.07. The van der Waals surface area contributed by atoms with Crippen LogP contribution in [-0.4, -0.2) is 62.9 Å². The van der Waals surface area contributed by atoms with Crippen molar-refractivity contribution >= 4 is 91.1 Å². The number of ether oxygens (including phenoxy) is 1. The maximum absolute atomic E-state index is 4.90. The van der Waals surface area contributed by atoms with Crippen molar-refractivity contribution in [3.63, 3.8) is 0 Å². The first-order valence-corrected chi connectivity index (χ1v) is 4.90. The predicted molar refractivity (Wildman–Crippen MR) is 59.7 cm³/mol. The molecule has 0 saturated heterocycles. The average Bonchev–Trinajstić information content (AvgIpc) is 2.40. The molecule has 1 rings (SSSR count). The molecule has 0 radical (unpaired) electrons. The predicted octanol–water partition coefficient (Wildman–Crippen LogP) is 1.59. The van der Waals surface area contributed by atoms with Gasteiger partial charge in [-0.3, -0.25) is 0 Å². The second kappa shape index (κ2) is 7.29. The van der Waals surface area contributed by atoms with Crippen LogP contribution in [0.5, 0.6) is 0 Å². The molecule has 11 heavy (non-hydrogen) atoms. The number of thiol groups is 2. The van der Waals surface area contributed by atoms with Crippen molar-refractivity contribution in [2.24, 2.45) is 0 Å². The Hall–Kier alpha value is 1.87. The molecule has 0 bridgehead atoms. The Labute approximate surface area is 122 Å². The van der Waals surface area contributed by atoms with Crippen LogP contribution >= 0.6 is 35.3 Å². The molecule has 0 amide bonds. The van der Waals surface area contributed by atoms with E-state index in [-0.39, 0.29) is 51.4 Å². The van der Waals surface area contributed by atoms with Gasteiger partial charge in [-0.15, -0.1) is 35.3 Å². The molecular weight excluding hydrogens is 223 g/mol. The van der Waals surface area contributed by atoms with Gasteiger partial charge in [-0.05, 0) is 11.4 Å². The molecule has 0 N–H and O–H groups in total. The van der Waals surface area contributed by atoms with Crippen molar-refractivity contribution in [2.75, 3.05) is 7.11 Å². The second-order valence-electron chi connectivity index (χ2n) is 1.55. The fourth-order valence-corrected chi connectivity index (χ4v) is 2.54. The van der Waals surface area contributed by atoms with E-state index in [9.17, 15) is 0 Å². The minimum absolute atomic E-state index is 0. The zero-order chi connectivity index (χ0) is 7.40. The summed E-state index contributed by atoms with van der Waals surface area (Å²) in [5.74, 6) is 0. The summed E-state index contributed by atoms with van der Waals surface area (Å²) in [5.41, 5.74) is 0. The van der Waals surface area contributed by atoms with Gasteiger partial charge in [-0.25, -0.2) is 0 Å². The molecule has 1 nitrogen and oxygen atoms in total. The first-order valence-electron chi connectivity index (χ1n) is 2.68. The number of methoxy groups -OCH3 is 1. The van der Waals surface area contributed by atoms with Crippen LogP contribution in [0.3, 0.4) is 0 Å². The Bertz CT molecular complexity index is 220. The van der Waals surface area contributed by atoms with Crippen LogP contribution in [0.1, 0.15) is 0 Å². The topological polar surface area (TPSA) is 9.23 Å². The average molecular weight is 232 g/mol. The molecule has 5 heteroatoms. The fourth-order valence-electron chi connectivity index (χ4n) is 0.473. The van der Waals surface area contributed by atoms with Crippen LogP contribution in [0.2, 0.25) is 0 Å². The monoisotopic (exact) mass is 232 g/mol. The van der Waals surface area contributed by atoms with Crippen LogP contribution in [-0.2, 0) is 4.74 Å². The maximum atomic E-state index is 4.90. The first kappa shape index (κ1) is 12.9. The van der Waals surface area contributed by atoms with E-state index in [2.05, 4.69) is 18.7 Å². The van der Waals surface area contributed by atoms with Gasteiger partial charge in [0, 0.05) is 7.11 Å². The Morgan fingerprint density at radius 2 is 2.45 bits per heavy atom. The Balaban J connectivity index is 0.000001000. The fraction of sp³-hybridized carbons (Fsp3) is 0.167. The van der Waals surface area contributed by atoms with Gasteiger partial charge in [-0.1, -0.05) is 6.07 Å². The van der Waals surface area contributed by atoms with E-state index in [1.807, 2.05) is 11.4 Å². The molecule has 0 aromatic carbocycles. The number of hydrogen-bond donors (Lipinski definition) is 2. The molecule has 1 heterocycles. The van der Waals surface area contributed by atoms with Gasteiger partial charge >= 0.3 is 51.4 Å². The molecule has 1 aromatic rings. The van der Waals surface area contributed by atoms with E-state index < -0.39 is 0 Å². The van der Waals surface area contributed by atoms with E-state index in [4.69, 9.17) is 4.74 Å². The number of rotatable bonds is 1. The Morgan fingerprint density at radius 1 is 1.73 bits per heavy atom. The second-order valence-corrected chi connectivity index (χ2v) is 4.67. The van der Waals surface area contributed by atoms with E-state index in [0.717, 1.165) is 15.7 Å². The van der Waals surface area contributed by atoms with Crippen molar-refractivity contribution in [2.45, 2.75) is 4.21 Å². The minimum atomic E-state index is 0. The van der Waals surface area contributed by atoms with Gasteiger partial charge in [0.15, 0.2) is 0 Å². The Kier molecular flexibility index (Phi) is 8.52. The Morgan fingerprint density at radius 3 is 2.91 bits per heavy atom. The zero-order valence-electron chi connectivity index (χ0n) is 5.44. The van der Waals surface area contributed by atoms with Gasteiger partial charge in [0.25, 0.3) is 0 Å². The zero-order valence-corrected chi connectivity index (χ0v) is 8.05. The van der Waals surface area contributed by atoms with Gasteiger partial charge in [0.2, 0.25) is 0 Å². The molecule has 58 valence electrons. The molecule has 0 spiro atoms. The summed E-state index contributed by atoms with van der Waals surface area (Å²) in [5, 5.41) is 2.04. The number of thiophene rings is 1. The van der Waals surface area contributed by atoms with Crippen LogP contribution < -0.4 is 0 Å². The third kappa shape index (κ3) is 5.23. The molecule has 0 aliphatic carbocycles. The van der Waals surface area contributed by atoms with Gasteiger partial charge in [0.1, 0.15) is 4.38 Å². The molecule has 0 saturated carbocycles. The number of hydrogen-bond acceptors (Lipinski definition) is 2. The van der Waals surface area contributed by atoms with Crippen LogP contribution in [0.4, 0.5) is 0 Å². The summed E-state index contributed by atoms with van der Waals surface area (Å²) >= 11 is 6.86. The summed E-state index contributed by atoms with van der Waals surface area (Å²) in [7, 11) is 1.63. The molecule has 0 fully saturated rings. The van der Waals surface area contributed by atoms with Crippen LogP contribution in [0, 0.1) is 0 Å². The molecule has 0 aliphatic rings. The van der Waals surface area contributed by atoms with E-state index in [0.29, 0.717) is 0 Å². The molecule has 0 atom stereocenters. The van der Waals surface area contributed by atoms with Crippen LogP contribution in [0.15, 0.2) is 21.7 Å². The molecule has 0 unspecified atom stereocenters. The quantitative estimate of drug-likeness (QED) is 0.425. The van der Waals surface area contributed by atoms with Crippen molar-refractivity contribution in [3.8, 4) is 0 Å². The third-order valence-electron chi connectivity index (χ3n) is 0.895. The van der Waals surface area contributed by atoms with E-state index in [1.165, 1.54) is 4.21 Å². The molecule has 0 aliphatic heterocycles. The van der Waals surface area contributed by atoms with E-state index in [1.54, 1.807) is 18.4 Å². The summed E-state index contributed by atoms with van der Waals surface area (Å²) in [6.45, 7) is 0. The van der Waals surface area contributed by atoms with Crippen LogP contribution in [0.25, 0.3) is 0 Å². The van der Waals surface area contributed by atoms with Gasteiger partial charge in [-0.2, -0.15) is 0 Å². The standard InChI is InChI=1S/C6H8OS3.K.H/c1-7-6(8)10-5-3-2-4-9-5;;/h2-4,8,10H,1H3;;. The van der Waals surface area contributed by atoms with Crippen molar-refractivity contribution in [1.29, 1.82) is 0 Å². The molecule has 1 aromatic heterocycles. The van der Waals surface area contributed by atoms with Gasteiger partial charge in [0.05, 0.1) is 4.21 Å². The van der Waals surface area contributed by atoms with Crippen molar-refractivity contribution in [3.05, 3.63) is 17.5 Å². The van der Waals surface area contributed by atoms with Gasteiger partial charge < -0.3 is 4.74 Å².